The van der Waals surface area contributed by atoms with Gasteiger partial charge in [-0.15, -0.1) is 0 Å². The third-order valence-corrected chi connectivity index (χ3v) is 6.96. The maximum absolute atomic E-state index is 14.0. The number of anilines is 1. The Morgan fingerprint density at radius 2 is 1.77 bits per heavy atom. The number of nitriles is 1. The van der Waals surface area contributed by atoms with Crippen molar-refractivity contribution in [3.63, 3.8) is 0 Å². The van der Waals surface area contributed by atoms with Crippen LogP contribution in [0.4, 0.5) is 10.3 Å². The molecule has 160 valence electrons. The van der Waals surface area contributed by atoms with Gasteiger partial charge in [0.25, 0.3) is 0 Å². The molecule has 1 fully saturated rings. The van der Waals surface area contributed by atoms with Crippen LogP contribution in [0, 0.1) is 17.1 Å². The number of benzene rings is 2. The van der Waals surface area contributed by atoms with Crippen molar-refractivity contribution in [3.8, 4) is 23.3 Å². The second-order valence-corrected chi connectivity index (χ2v) is 8.71. The number of ether oxygens (including phenoxy) is 1. The highest BCUT2D eigenvalue weighted by atomic mass is 32.2. The average Bonchev–Trinajstić information content (AvgIpc) is 3.23. The number of oxazole rings is 1. The second kappa shape index (κ2) is 8.37. The van der Waals surface area contributed by atoms with E-state index in [4.69, 9.17) is 9.15 Å². The molecular formula is C21H19FN4O4S. The molecule has 3 aromatic rings. The van der Waals surface area contributed by atoms with Crippen LogP contribution in [0.1, 0.15) is 5.69 Å². The Kier molecular flexibility index (Phi) is 5.63. The molecule has 0 bridgehead atoms. The number of methoxy groups -OCH3 is 1. The zero-order valence-electron chi connectivity index (χ0n) is 16.7. The summed E-state index contributed by atoms with van der Waals surface area (Å²) >= 11 is 0. The summed E-state index contributed by atoms with van der Waals surface area (Å²) in [6, 6.07) is 14.5. The lowest BCUT2D eigenvalue weighted by molar-refractivity contribution is 0.372. The minimum atomic E-state index is -3.96. The number of halogens is 1. The van der Waals surface area contributed by atoms with Crippen LogP contribution >= 0.6 is 0 Å². The molecule has 1 aromatic heterocycles. The SMILES string of the molecule is COc1ccccc1-c1nc(C#N)c(N2CCN(S(=O)(=O)c3ccccc3F)CC2)o1. The third-order valence-electron chi connectivity index (χ3n) is 5.03. The third kappa shape index (κ3) is 3.85. The van der Waals surface area contributed by atoms with Crippen LogP contribution in [0.2, 0.25) is 0 Å². The molecule has 31 heavy (non-hydrogen) atoms. The number of para-hydroxylation sites is 1. The molecule has 2 heterocycles. The summed E-state index contributed by atoms with van der Waals surface area (Å²) in [5.41, 5.74) is 0.708. The zero-order valence-corrected chi connectivity index (χ0v) is 17.5. The van der Waals surface area contributed by atoms with Crippen molar-refractivity contribution in [1.29, 1.82) is 5.26 Å². The van der Waals surface area contributed by atoms with Crippen molar-refractivity contribution in [1.82, 2.24) is 9.29 Å². The van der Waals surface area contributed by atoms with Crippen LogP contribution in [-0.4, -0.2) is 51.0 Å². The molecule has 0 spiro atoms. The van der Waals surface area contributed by atoms with Crippen molar-refractivity contribution >= 4 is 15.9 Å². The fraction of sp³-hybridized carbons (Fsp3) is 0.238. The Morgan fingerprint density at radius 3 is 2.45 bits per heavy atom. The van der Waals surface area contributed by atoms with Gasteiger partial charge in [-0.1, -0.05) is 24.3 Å². The van der Waals surface area contributed by atoms with Gasteiger partial charge in [0, 0.05) is 26.2 Å². The molecule has 0 N–H and O–H groups in total. The van der Waals surface area contributed by atoms with Gasteiger partial charge in [-0.05, 0) is 24.3 Å². The van der Waals surface area contributed by atoms with Gasteiger partial charge in [-0.2, -0.15) is 14.6 Å². The normalized spacial score (nSPS) is 14.9. The van der Waals surface area contributed by atoms with Crippen LogP contribution in [0.3, 0.4) is 0 Å². The summed E-state index contributed by atoms with van der Waals surface area (Å²) in [5.74, 6) is 0.283. The molecule has 1 saturated heterocycles. The molecule has 0 saturated carbocycles. The van der Waals surface area contributed by atoms with Gasteiger partial charge in [0.2, 0.25) is 27.5 Å². The van der Waals surface area contributed by atoms with Crippen molar-refractivity contribution in [2.45, 2.75) is 4.90 Å². The minimum Gasteiger partial charge on any atom is -0.496 e. The molecule has 1 aliphatic rings. The second-order valence-electron chi connectivity index (χ2n) is 6.81. The maximum Gasteiger partial charge on any atom is 0.246 e. The highest BCUT2D eigenvalue weighted by Crippen LogP contribution is 2.34. The average molecular weight is 442 g/mol. The topological polar surface area (TPSA) is 99.7 Å². The first-order valence-electron chi connectivity index (χ1n) is 9.49. The summed E-state index contributed by atoms with van der Waals surface area (Å²) in [7, 11) is -2.43. The molecule has 8 nitrogen and oxygen atoms in total. The number of hydrogen-bond donors (Lipinski definition) is 0. The quantitative estimate of drug-likeness (QED) is 0.599. The molecule has 0 radical (unpaired) electrons. The van der Waals surface area contributed by atoms with E-state index in [1.54, 1.807) is 23.1 Å². The Balaban J connectivity index is 1.56. The lowest BCUT2D eigenvalue weighted by Crippen LogP contribution is -2.48. The van der Waals surface area contributed by atoms with Crippen LogP contribution in [0.25, 0.3) is 11.5 Å². The van der Waals surface area contributed by atoms with Gasteiger partial charge in [0.05, 0.1) is 12.7 Å². The van der Waals surface area contributed by atoms with Gasteiger partial charge < -0.3 is 14.1 Å². The highest BCUT2D eigenvalue weighted by Gasteiger charge is 2.32. The molecule has 10 heteroatoms. The molecule has 4 rings (SSSR count). The lowest BCUT2D eigenvalue weighted by atomic mass is 10.2. The van der Waals surface area contributed by atoms with E-state index < -0.39 is 15.8 Å². The molecule has 2 aromatic carbocycles. The zero-order chi connectivity index (χ0) is 22.0. The summed E-state index contributed by atoms with van der Waals surface area (Å²) in [6.45, 7) is 0.768. The van der Waals surface area contributed by atoms with Crippen LogP contribution in [-0.2, 0) is 10.0 Å². The number of hydrogen-bond acceptors (Lipinski definition) is 7. The summed E-state index contributed by atoms with van der Waals surface area (Å²) in [6.07, 6.45) is 0. The first-order valence-corrected chi connectivity index (χ1v) is 10.9. The highest BCUT2D eigenvalue weighted by molar-refractivity contribution is 7.89. The number of sulfonamides is 1. The van der Waals surface area contributed by atoms with E-state index in [0.29, 0.717) is 11.3 Å². The summed E-state index contributed by atoms with van der Waals surface area (Å²) < 4.78 is 52.1. The Morgan fingerprint density at radius 1 is 1.10 bits per heavy atom. The minimum absolute atomic E-state index is 0.103. The fourth-order valence-corrected chi connectivity index (χ4v) is 4.95. The fourth-order valence-electron chi connectivity index (χ4n) is 3.46. The van der Waals surface area contributed by atoms with E-state index in [-0.39, 0.29) is 48.5 Å². The number of aromatic nitrogens is 1. The molecule has 1 aliphatic heterocycles. The largest absolute Gasteiger partial charge is 0.496 e. The predicted molar refractivity (Wildman–Crippen MR) is 111 cm³/mol. The van der Waals surface area contributed by atoms with Gasteiger partial charge in [-0.25, -0.2) is 12.8 Å². The monoisotopic (exact) mass is 442 g/mol. The lowest BCUT2D eigenvalue weighted by Gasteiger charge is -2.33. The Labute approximate surface area is 179 Å². The maximum atomic E-state index is 14.0. The van der Waals surface area contributed by atoms with Crippen molar-refractivity contribution in [2.75, 3.05) is 38.2 Å². The number of rotatable bonds is 5. The molecular weight excluding hydrogens is 423 g/mol. The smallest absolute Gasteiger partial charge is 0.246 e. The first kappa shape index (κ1) is 20.8. The molecule has 0 atom stereocenters. The Bertz CT molecular complexity index is 1240. The van der Waals surface area contributed by atoms with Gasteiger partial charge in [0.15, 0.2) is 0 Å². The number of piperazine rings is 1. The van der Waals surface area contributed by atoms with Crippen molar-refractivity contribution < 1.29 is 22.0 Å². The van der Waals surface area contributed by atoms with Gasteiger partial charge in [0.1, 0.15) is 22.5 Å². The van der Waals surface area contributed by atoms with Gasteiger partial charge >= 0.3 is 0 Å². The number of nitrogens with zero attached hydrogens (tertiary/aromatic N) is 4. The first-order chi connectivity index (χ1) is 15.0. The van der Waals surface area contributed by atoms with E-state index in [0.717, 1.165) is 6.07 Å². The van der Waals surface area contributed by atoms with E-state index in [1.807, 2.05) is 12.1 Å². The molecule has 0 amide bonds. The Hall–Kier alpha value is -3.42. The van der Waals surface area contributed by atoms with E-state index >= 15 is 0 Å². The van der Waals surface area contributed by atoms with Gasteiger partial charge in [-0.3, -0.25) is 0 Å². The van der Waals surface area contributed by atoms with Crippen molar-refractivity contribution in [2.24, 2.45) is 0 Å². The molecule has 0 aliphatic carbocycles. The standard InChI is InChI=1S/C21H19FN4O4S/c1-29-18-8-4-2-6-15(18)20-24-17(14-23)21(30-20)25-10-12-26(13-11-25)31(27,28)19-9-5-3-7-16(19)22/h2-9H,10-13H2,1H3. The van der Waals surface area contributed by atoms with E-state index in [1.165, 1.54) is 29.6 Å². The van der Waals surface area contributed by atoms with Crippen molar-refractivity contribution in [3.05, 3.63) is 60.0 Å². The van der Waals surface area contributed by atoms with Crippen LogP contribution in [0.15, 0.2) is 57.8 Å². The molecule has 0 unspecified atom stereocenters. The predicted octanol–water partition coefficient (Wildman–Crippen LogP) is 2.87. The summed E-state index contributed by atoms with van der Waals surface area (Å²) in [4.78, 5) is 5.69. The van der Waals surface area contributed by atoms with E-state index in [9.17, 15) is 18.1 Å². The van der Waals surface area contributed by atoms with Crippen LogP contribution in [0.5, 0.6) is 5.75 Å². The summed E-state index contributed by atoms with van der Waals surface area (Å²) in [5, 5.41) is 9.52. The van der Waals surface area contributed by atoms with E-state index in [2.05, 4.69) is 4.98 Å². The van der Waals surface area contributed by atoms with Crippen LogP contribution < -0.4 is 9.64 Å².